The van der Waals surface area contributed by atoms with E-state index in [1.54, 1.807) is 0 Å². The standard InChI is InChI=1S/C16H26O2/c1-6-10-14(11-7-2)15(12-8-3)16(9-4)18-13(5)17/h10,16H,1,7-9,11-12H2,2-5H3/b15-14+. The summed E-state index contributed by atoms with van der Waals surface area (Å²) in [6.45, 7) is 11.4. The molecule has 0 bridgehead atoms. The lowest BCUT2D eigenvalue weighted by Gasteiger charge is -2.21. The van der Waals surface area contributed by atoms with E-state index >= 15 is 0 Å². The Bertz CT molecular complexity index is 333. The topological polar surface area (TPSA) is 26.3 Å². The number of hydrogen-bond acceptors (Lipinski definition) is 2. The number of carbonyl (C=O) groups excluding carboxylic acids is 1. The summed E-state index contributed by atoms with van der Waals surface area (Å²) in [6.07, 6.45) is 6.69. The summed E-state index contributed by atoms with van der Waals surface area (Å²) in [7, 11) is 0. The Morgan fingerprint density at radius 3 is 2.28 bits per heavy atom. The van der Waals surface area contributed by atoms with Crippen LogP contribution < -0.4 is 0 Å². The molecule has 1 atom stereocenters. The lowest BCUT2D eigenvalue weighted by molar-refractivity contribution is -0.144. The second-order valence-corrected chi connectivity index (χ2v) is 4.41. The fourth-order valence-electron chi connectivity index (χ4n) is 2.12. The molecule has 0 aromatic carbocycles. The van der Waals surface area contributed by atoms with E-state index in [4.69, 9.17) is 4.74 Å². The molecule has 0 aromatic heterocycles. The Morgan fingerprint density at radius 1 is 1.28 bits per heavy atom. The van der Waals surface area contributed by atoms with Gasteiger partial charge in [-0.2, -0.15) is 0 Å². The van der Waals surface area contributed by atoms with Gasteiger partial charge in [-0.05, 0) is 36.5 Å². The summed E-state index contributed by atoms with van der Waals surface area (Å²) >= 11 is 0. The van der Waals surface area contributed by atoms with Crippen LogP contribution in [-0.4, -0.2) is 12.1 Å². The normalized spacial score (nSPS) is 13.3. The molecule has 0 saturated carbocycles. The Balaban J connectivity index is 5.35. The molecule has 18 heavy (non-hydrogen) atoms. The van der Waals surface area contributed by atoms with Crippen molar-refractivity contribution in [1.82, 2.24) is 0 Å². The van der Waals surface area contributed by atoms with Gasteiger partial charge in [0.25, 0.3) is 0 Å². The molecule has 0 spiro atoms. The summed E-state index contributed by atoms with van der Waals surface area (Å²) in [5.41, 5.74) is 5.30. The van der Waals surface area contributed by atoms with Crippen molar-refractivity contribution in [2.24, 2.45) is 0 Å². The van der Waals surface area contributed by atoms with Gasteiger partial charge in [0, 0.05) is 6.92 Å². The first-order valence-corrected chi connectivity index (χ1v) is 6.85. The van der Waals surface area contributed by atoms with Gasteiger partial charge in [0.2, 0.25) is 0 Å². The first-order valence-electron chi connectivity index (χ1n) is 6.85. The van der Waals surface area contributed by atoms with Crippen LogP contribution in [0.15, 0.2) is 29.5 Å². The van der Waals surface area contributed by atoms with Gasteiger partial charge in [-0.25, -0.2) is 0 Å². The highest BCUT2D eigenvalue weighted by atomic mass is 16.5. The summed E-state index contributed by atoms with van der Waals surface area (Å²) < 4.78 is 5.42. The van der Waals surface area contributed by atoms with Crippen LogP contribution >= 0.6 is 0 Å². The van der Waals surface area contributed by atoms with Crippen molar-refractivity contribution in [3.05, 3.63) is 29.5 Å². The maximum atomic E-state index is 11.2. The van der Waals surface area contributed by atoms with Crippen LogP contribution in [0.3, 0.4) is 0 Å². The fourth-order valence-corrected chi connectivity index (χ4v) is 2.12. The molecular formula is C16H26O2. The van der Waals surface area contributed by atoms with E-state index < -0.39 is 0 Å². The molecular weight excluding hydrogens is 224 g/mol. The van der Waals surface area contributed by atoms with Gasteiger partial charge in [0.1, 0.15) is 6.10 Å². The molecule has 2 nitrogen and oxygen atoms in total. The van der Waals surface area contributed by atoms with Crippen LogP contribution in [0.1, 0.15) is 59.8 Å². The van der Waals surface area contributed by atoms with E-state index in [-0.39, 0.29) is 12.1 Å². The zero-order valence-corrected chi connectivity index (χ0v) is 12.2. The number of ether oxygens (including phenoxy) is 1. The Hall–Kier alpha value is -1.27. The summed E-state index contributed by atoms with van der Waals surface area (Å²) in [5, 5.41) is 0. The van der Waals surface area contributed by atoms with Crippen molar-refractivity contribution >= 4 is 5.97 Å². The van der Waals surface area contributed by atoms with Crippen molar-refractivity contribution in [3.8, 4) is 0 Å². The Labute approximate surface area is 111 Å². The van der Waals surface area contributed by atoms with Crippen molar-refractivity contribution < 1.29 is 9.53 Å². The van der Waals surface area contributed by atoms with E-state index in [1.165, 1.54) is 18.1 Å². The number of rotatable bonds is 8. The SMILES string of the molecule is C=C=C/C(CCC)=C(/CCC)C(CC)OC(C)=O. The summed E-state index contributed by atoms with van der Waals surface area (Å²) in [5.74, 6) is -0.214. The lowest BCUT2D eigenvalue weighted by atomic mass is 9.93. The second kappa shape index (κ2) is 9.73. The van der Waals surface area contributed by atoms with E-state index in [2.05, 4.69) is 26.2 Å². The molecule has 0 amide bonds. The first kappa shape index (κ1) is 16.7. The largest absolute Gasteiger partial charge is 0.458 e. The molecule has 0 radical (unpaired) electrons. The maximum Gasteiger partial charge on any atom is 0.303 e. The highest BCUT2D eigenvalue weighted by Crippen LogP contribution is 2.24. The molecule has 0 aromatic rings. The van der Waals surface area contributed by atoms with Crippen molar-refractivity contribution in [3.63, 3.8) is 0 Å². The van der Waals surface area contributed by atoms with Gasteiger partial charge in [-0.1, -0.05) is 40.2 Å². The highest BCUT2D eigenvalue weighted by molar-refractivity contribution is 5.66. The number of allylic oxidation sites excluding steroid dienone is 2. The van der Waals surface area contributed by atoms with Crippen molar-refractivity contribution in [2.45, 2.75) is 65.9 Å². The summed E-state index contributed by atoms with van der Waals surface area (Å²) in [6, 6.07) is 0. The molecule has 0 rings (SSSR count). The average Bonchev–Trinajstić information content (AvgIpc) is 2.33. The summed E-state index contributed by atoms with van der Waals surface area (Å²) in [4.78, 5) is 11.2. The van der Waals surface area contributed by atoms with E-state index in [1.807, 2.05) is 13.0 Å². The molecule has 0 heterocycles. The highest BCUT2D eigenvalue weighted by Gasteiger charge is 2.17. The van der Waals surface area contributed by atoms with Crippen LogP contribution in [0.4, 0.5) is 0 Å². The Morgan fingerprint density at radius 2 is 1.89 bits per heavy atom. The van der Waals surface area contributed by atoms with Crippen LogP contribution in [-0.2, 0) is 9.53 Å². The lowest BCUT2D eigenvalue weighted by Crippen LogP contribution is -2.19. The minimum absolute atomic E-state index is 0.103. The van der Waals surface area contributed by atoms with Crippen LogP contribution in [0, 0.1) is 0 Å². The maximum absolute atomic E-state index is 11.2. The molecule has 2 heteroatoms. The molecule has 0 aliphatic heterocycles. The van der Waals surface area contributed by atoms with E-state index in [0.29, 0.717) is 0 Å². The van der Waals surface area contributed by atoms with Crippen molar-refractivity contribution in [2.75, 3.05) is 0 Å². The third-order valence-corrected chi connectivity index (χ3v) is 2.80. The second-order valence-electron chi connectivity index (χ2n) is 4.41. The molecule has 0 saturated heterocycles. The Kier molecular flexibility index (Phi) is 9.04. The third-order valence-electron chi connectivity index (χ3n) is 2.80. The van der Waals surface area contributed by atoms with Gasteiger partial charge in [-0.15, -0.1) is 5.73 Å². The van der Waals surface area contributed by atoms with Gasteiger partial charge in [0.05, 0.1) is 0 Å². The van der Waals surface area contributed by atoms with Crippen LogP contribution in [0.2, 0.25) is 0 Å². The minimum atomic E-state index is -0.214. The smallest absolute Gasteiger partial charge is 0.303 e. The average molecular weight is 250 g/mol. The quantitative estimate of drug-likeness (QED) is 0.358. The van der Waals surface area contributed by atoms with E-state index in [9.17, 15) is 4.79 Å². The third kappa shape index (κ3) is 5.88. The number of carbonyl (C=O) groups is 1. The zero-order chi connectivity index (χ0) is 14.0. The number of esters is 1. The molecule has 1 unspecified atom stereocenters. The van der Waals surface area contributed by atoms with E-state index in [0.717, 1.165) is 32.1 Å². The minimum Gasteiger partial charge on any atom is -0.458 e. The predicted molar refractivity (Wildman–Crippen MR) is 76.4 cm³/mol. The van der Waals surface area contributed by atoms with Gasteiger partial charge >= 0.3 is 5.97 Å². The number of hydrogen-bond donors (Lipinski definition) is 0. The molecule has 0 aliphatic rings. The van der Waals surface area contributed by atoms with Gasteiger partial charge in [-0.3, -0.25) is 4.79 Å². The molecule has 0 fully saturated rings. The van der Waals surface area contributed by atoms with Gasteiger partial charge < -0.3 is 4.74 Å². The monoisotopic (exact) mass is 250 g/mol. The van der Waals surface area contributed by atoms with Crippen LogP contribution in [0.5, 0.6) is 0 Å². The van der Waals surface area contributed by atoms with Crippen molar-refractivity contribution in [1.29, 1.82) is 0 Å². The molecule has 0 N–H and O–H groups in total. The first-order chi connectivity index (χ1) is 8.60. The predicted octanol–water partition coefficient (Wildman–Crippen LogP) is 4.57. The molecule has 102 valence electrons. The zero-order valence-electron chi connectivity index (χ0n) is 12.2. The van der Waals surface area contributed by atoms with Gasteiger partial charge in [0.15, 0.2) is 0 Å². The van der Waals surface area contributed by atoms with Crippen LogP contribution in [0.25, 0.3) is 0 Å². The molecule has 0 aliphatic carbocycles. The fraction of sp³-hybridized carbons (Fsp3) is 0.625.